The summed E-state index contributed by atoms with van der Waals surface area (Å²) in [7, 11) is 1.66. The number of nitrogens with zero attached hydrogens (tertiary/aromatic N) is 4. The second-order valence-corrected chi connectivity index (χ2v) is 4.66. The summed E-state index contributed by atoms with van der Waals surface area (Å²) in [5.41, 5.74) is 0.989. The fourth-order valence-corrected chi connectivity index (χ4v) is 2.44. The van der Waals surface area contributed by atoms with Crippen LogP contribution in [-0.4, -0.2) is 40.4 Å². The lowest BCUT2D eigenvalue weighted by Crippen LogP contribution is -2.30. The summed E-state index contributed by atoms with van der Waals surface area (Å²) in [6, 6.07) is 8.21. The van der Waals surface area contributed by atoms with Gasteiger partial charge in [0.25, 0.3) is 0 Å². The summed E-state index contributed by atoms with van der Waals surface area (Å²) in [6.45, 7) is 2.03. The predicted octanol–water partition coefficient (Wildman–Crippen LogP) is 1.27. The van der Waals surface area contributed by atoms with Crippen molar-refractivity contribution in [2.75, 3.05) is 20.2 Å². The van der Waals surface area contributed by atoms with Crippen molar-refractivity contribution in [2.24, 2.45) is 0 Å². The van der Waals surface area contributed by atoms with E-state index in [1.54, 1.807) is 7.11 Å². The first-order valence-corrected chi connectivity index (χ1v) is 6.51. The number of piperidine rings is 1. The molecular formula is C13H17N5O. The smallest absolute Gasteiger partial charge is 0.182 e. The zero-order valence-corrected chi connectivity index (χ0v) is 10.9. The molecule has 1 saturated heterocycles. The van der Waals surface area contributed by atoms with Crippen molar-refractivity contribution in [3.05, 3.63) is 24.3 Å². The molecule has 0 atom stereocenters. The second-order valence-electron chi connectivity index (χ2n) is 4.66. The SMILES string of the molecule is COc1cccc(-c2nnnn2C2CCNCC2)c1. The van der Waals surface area contributed by atoms with E-state index in [0.717, 1.165) is 43.1 Å². The van der Waals surface area contributed by atoms with E-state index in [2.05, 4.69) is 20.8 Å². The fourth-order valence-electron chi connectivity index (χ4n) is 2.44. The van der Waals surface area contributed by atoms with Crippen molar-refractivity contribution in [3.63, 3.8) is 0 Å². The van der Waals surface area contributed by atoms with Gasteiger partial charge < -0.3 is 10.1 Å². The topological polar surface area (TPSA) is 64.9 Å². The summed E-state index contributed by atoms with van der Waals surface area (Å²) in [4.78, 5) is 0. The van der Waals surface area contributed by atoms with Crippen LogP contribution in [0.4, 0.5) is 0 Å². The first-order valence-electron chi connectivity index (χ1n) is 6.51. The third-order valence-electron chi connectivity index (χ3n) is 3.48. The number of nitrogens with one attached hydrogen (secondary N) is 1. The highest BCUT2D eigenvalue weighted by Crippen LogP contribution is 2.26. The van der Waals surface area contributed by atoms with Crippen LogP contribution >= 0.6 is 0 Å². The maximum atomic E-state index is 5.25. The summed E-state index contributed by atoms with van der Waals surface area (Å²) in [6.07, 6.45) is 2.12. The van der Waals surface area contributed by atoms with Crippen molar-refractivity contribution in [2.45, 2.75) is 18.9 Å². The molecule has 1 fully saturated rings. The molecule has 0 amide bonds. The zero-order chi connectivity index (χ0) is 13.1. The molecule has 0 saturated carbocycles. The number of benzene rings is 1. The Kier molecular flexibility index (Phi) is 3.41. The van der Waals surface area contributed by atoms with Crippen molar-refractivity contribution in [3.8, 4) is 17.1 Å². The van der Waals surface area contributed by atoms with Gasteiger partial charge in [-0.3, -0.25) is 0 Å². The number of hydrogen-bond acceptors (Lipinski definition) is 5. The van der Waals surface area contributed by atoms with Crippen LogP contribution in [0.1, 0.15) is 18.9 Å². The lowest BCUT2D eigenvalue weighted by molar-refractivity contribution is 0.340. The Balaban J connectivity index is 1.94. The molecule has 2 heterocycles. The van der Waals surface area contributed by atoms with Gasteiger partial charge in [0.1, 0.15) is 5.75 Å². The molecule has 6 heteroatoms. The molecule has 0 bridgehead atoms. The molecule has 6 nitrogen and oxygen atoms in total. The van der Waals surface area contributed by atoms with Crippen molar-refractivity contribution in [1.29, 1.82) is 0 Å². The Morgan fingerprint density at radius 1 is 1.32 bits per heavy atom. The van der Waals surface area contributed by atoms with Gasteiger partial charge in [0, 0.05) is 5.56 Å². The van der Waals surface area contributed by atoms with Gasteiger partial charge in [-0.25, -0.2) is 4.68 Å². The molecule has 100 valence electrons. The van der Waals surface area contributed by atoms with Crippen molar-refractivity contribution < 1.29 is 4.74 Å². The van der Waals surface area contributed by atoms with E-state index in [9.17, 15) is 0 Å². The average molecular weight is 259 g/mol. The molecule has 0 radical (unpaired) electrons. The van der Waals surface area contributed by atoms with Crippen LogP contribution < -0.4 is 10.1 Å². The number of tetrazole rings is 1. The molecule has 1 N–H and O–H groups in total. The molecule has 0 spiro atoms. The maximum Gasteiger partial charge on any atom is 0.182 e. The zero-order valence-electron chi connectivity index (χ0n) is 10.9. The summed E-state index contributed by atoms with van der Waals surface area (Å²) in [5, 5.41) is 15.5. The lowest BCUT2D eigenvalue weighted by atomic mass is 10.1. The molecule has 1 aromatic heterocycles. The van der Waals surface area contributed by atoms with E-state index in [0.29, 0.717) is 6.04 Å². The Morgan fingerprint density at radius 2 is 2.16 bits per heavy atom. The van der Waals surface area contributed by atoms with Crippen LogP contribution in [-0.2, 0) is 0 Å². The van der Waals surface area contributed by atoms with E-state index < -0.39 is 0 Å². The molecular weight excluding hydrogens is 242 g/mol. The molecule has 3 rings (SSSR count). The molecule has 1 aliphatic heterocycles. The third-order valence-corrected chi connectivity index (χ3v) is 3.48. The fraction of sp³-hybridized carbons (Fsp3) is 0.462. The number of methoxy groups -OCH3 is 1. The predicted molar refractivity (Wildman–Crippen MR) is 70.9 cm³/mol. The minimum absolute atomic E-state index is 0.373. The first kappa shape index (κ1) is 12.1. The Morgan fingerprint density at radius 3 is 2.95 bits per heavy atom. The summed E-state index contributed by atoms with van der Waals surface area (Å²) < 4.78 is 7.19. The van der Waals surface area contributed by atoms with Gasteiger partial charge in [-0.05, 0) is 48.5 Å². The third kappa shape index (κ3) is 2.44. The second kappa shape index (κ2) is 5.36. The molecule has 0 aliphatic carbocycles. The maximum absolute atomic E-state index is 5.25. The number of rotatable bonds is 3. The first-order chi connectivity index (χ1) is 9.38. The number of ether oxygens (including phenoxy) is 1. The Labute approximate surface area is 111 Å². The highest BCUT2D eigenvalue weighted by Gasteiger charge is 2.20. The minimum Gasteiger partial charge on any atom is -0.497 e. The monoisotopic (exact) mass is 259 g/mol. The molecule has 2 aromatic rings. The molecule has 0 unspecified atom stereocenters. The van der Waals surface area contributed by atoms with Crippen LogP contribution in [0.15, 0.2) is 24.3 Å². The Bertz CT molecular complexity index is 547. The van der Waals surface area contributed by atoms with E-state index in [-0.39, 0.29) is 0 Å². The van der Waals surface area contributed by atoms with Gasteiger partial charge in [0.05, 0.1) is 13.2 Å². The van der Waals surface area contributed by atoms with Crippen LogP contribution in [0.2, 0.25) is 0 Å². The number of hydrogen-bond donors (Lipinski definition) is 1. The van der Waals surface area contributed by atoms with Crippen LogP contribution in [0, 0.1) is 0 Å². The van der Waals surface area contributed by atoms with Gasteiger partial charge in [-0.2, -0.15) is 0 Å². The van der Waals surface area contributed by atoms with E-state index in [1.807, 2.05) is 28.9 Å². The highest BCUT2D eigenvalue weighted by atomic mass is 16.5. The highest BCUT2D eigenvalue weighted by molar-refractivity contribution is 5.57. The molecule has 1 aromatic carbocycles. The van der Waals surface area contributed by atoms with Gasteiger partial charge in [0.15, 0.2) is 5.82 Å². The quantitative estimate of drug-likeness (QED) is 0.899. The van der Waals surface area contributed by atoms with E-state index >= 15 is 0 Å². The summed E-state index contributed by atoms with van der Waals surface area (Å²) >= 11 is 0. The molecule has 19 heavy (non-hydrogen) atoms. The number of aromatic nitrogens is 4. The Hall–Kier alpha value is -1.95. The average Bonchev–Trinajstić information content (AvgIpc) is 2.98. The van der Waals surface area contributed by atoms with Crippen LogP contribution in [0.5, 0.6) is 5.75 Å². The minimum atomic E-state index is 0.373. The van der Waals surface area contributed by atoms with E-state index in [4.69, 9.17) is 4.74 Å². The van der Waals surface area contributed by atoms with Gasteiger partial charge in [0.2, 0.25) is 0 Å². The van der Waals surface area contributed by atoms with Gasteiger partial charge in [-0.1, -0.05) is 12.1 Å². The molecule has 1 aliphatic rings. The van der Waals surface area contributed by atoms with Crippen molar-refractivity contribution >= 4 is 0 Å². The van der Waals surface area contributed by atoms with Gasteiger partial charge >= 0.3 is 0 Å². The van der Waals surface area contributed by atoms with Gasteiger partial charge in [-0.15, -0.1) is 5.10 Å². The lowest BCUT2D eigenvalue weighted by Gasteiger charge is -2.23. The normalized spacial score (nSPS) is 16.5. The van der Waals surface area contributed by atoms with E-state index in [1.165, 1.54) is 0 Å². The standard InChI is InChI=1S/C13H17N5O/c1-19-12-4-2-3-10(9-12)13-15-16-17-18(13)11-5-7-14-8-6-11/h2-4,9,11,14H,5-8H2,1H3. The van der Waals surface area contributed by atoms with Crippen molar-refractivity contribution in [1.82, 2.24) is 25.5 Å². The van der Waals surface area contributed by atoms with Crippen LogP contribution in [0.3, 0.4) is 0 Å². The largest absolute Gasteiger partial charge is 0.497 e. The van der Waals surface area contributed by atoms with Crippen LogP contribution in [0.25, 0.3) is 11.4 Å². The summed E-state index contributed by atoms with van der Waals surface area (Å²) in [5.74, 6) is 1.63.